The molecular weight excluding hydrogens is 271 g/mol. The summed E-state index contributed by atoms with van der Waals surface area (Å²) in [6.45, 7) is 0. The highest BCUT2D eigenvalue weighted by atomic mass is 35.5. The zero-order chi connectivity index (χ0) is 13.1. The quantitative estimate of drug-likeness (QED) is 0.894. The van der Waals surface area contributed by atoms with Gasteiger partial charge in [0.05, 0.1) is 10.0 Å². The second-order valence-electron chi connectivity index (χ2n) is 4.66. The number of carbonyl (C=O) groups excluding carboxylic acids is 1. The average molecular weight is 287 g/mol. The van der Waals surface area contributed by atoms with Crippen molar-refractivity contribution in [2.45, 2.75) is 37.8 Å². The Balaban J connectivity index is 2.17. The first-order chi connectivity index (χ1) is 8.58. The minimum Gasteiger partial charge on any atom is -0.368 e. The van der Waals surface area contributed by atoms with E-state index < -0.39 is 6.04 Å². The molecule has 1 aromatic carbocycles. The van der Waals surface area contributed by atoms with Crippen LogP contribution in [0, 0.1) is 0 Å². The molecular formula is C13H16Cl2N2O. The molecule has 3 nitrogen and oxygen atoms in total. The predicted octanol–water partition coefficient (Wildman–Crippen LogP) is 3.05. The Morgan fingerprint density at radius 2 is 1.94 bits per heavy atom. The lowest BCUT2D eigenvalue weighted by Crippen LogP contribution is -2.38. The molecule has 3 N–H and O–H groups in total. The number of primary amides is 1. The first-order valence-electron chi connectivity index (χ1n) is 6.08. The van der Waals surface area contributed by atoms with Crippen LogP contribution in [0.5, 0.6) is 0 Å². The molecule has 0 heterocycles. The van der Waals surface area contributed by atoms with Gasteiger partial charge in [-0.3, -0.25) is 10.1 Å². The summed E-state index contributed by atoms with van der Waals surface area (Å²) in [6, 6.07) is 5.03. The Morgan fingerprint density at radius 1 is 1.28 bits per heavy atom. The van der Waals surface area contributed by atoms with Crippen LogP contribution in [0.4, 0.5) is 0 Å². The van der Waals surface area contributed by atoms with Gasteiger partial charge in [0.25, 0.3) is 0 Å². The predicted molar refractivity (Wildman–Crippen MR) is 73.8 cm³/mol. The SMILES string of the molecule is NC(=O)C(NC1CCCC1)c1ccc(Cl)c(Cl)c1. The number of nitrogens with one attached hydrogen (secondary N) is 1. The minimum absolute atomic E-state index is 0.358. The molecule has 1 saturated carbocycles. The van der Waals surface area contributed by atoms with Crippen molar-refractivity contribution < 1.29 is 4.79 Å². The van der Waals surface area contributed by atoms with Crippen LogP contribution in [0.25, 0.3) is 0 Å². The van der Waals surface area contributed by atoms with E-state index >= 15 is 0 Å². The Morgan fingerprint density at radius 3 is 2.50 bits per heavy atom. The molecule has 0 spiro atoms. The Hall–Kier alpha value is -0.770. The van der Waals surface area contributed by atoms with E-state index in [1.54, 1.807) is 18.2 Å². The van der Waals surface area contributed by atoms with Gasteiger partial charge in [-0.15, -0.1) is 0 Å². The van der Waals surface area contributed by atoms with Crippen molar-refractivity contribution in [3.8, 4) is 0 Å². The van der Waals surface area contributed by atoms with Gasteiger partial charge in [-0.05, 0) is 30.5 Å². The third kappa shape index (κ3) is 3.16. The number of hydrogen-bond acceptors (Lipinski definition) is 2. The molecule has 98 valence electrons. The lowest BCUT2D eigenvalue weighted by atomic mass is 10.0. The number of benzene rings is 1. The van der Waals surface area contributed by atoms with Gasteiger partial charge in [-0.1, -0.05) is 42.1 Å². The van der Waals surface area contributed by atoms with Crippen LogP contribution in [0.3, 0.4) is 0 Å². The Kier molecular flexibility index (Phi) is 4.49. The van der Waals surface area contributed by atoms with Crippen LogP contribution in [-0.4, -0.2) is 11.9 Å². The molecule has 1 fully saturated rings. The molecule has 2 rings (SSSR count). The lowest BCUT2D eigenvalue weighted by Gasteiger charge is -2.21. The maximum atomic E-state index is 11.6. The van der Waals surface area contributed by atoms with Crippen LogP contribution in [0.15, 0.2) is 18.2 Å². The Bertz CT molecular complexity index is 445. The van der Waals surface area contributed by atoms with E-state index in [-0.39, 0.29) is 5.91 Å². The third-order valence-corrected chi connectivity index (χ3v) is 4.06. The second-order valence-corrected chi connectivity index (χ2v) is 5.47. The summed E-state index contributed by atoms with van der Waals surface area (Å²) in [5.74, 6) is -0.389. The fraction of sp³-hybridized carbons (Fsp3) is 0.462. The minimum atomic E-state index is -0.497. The molecule has 0 aliphatic heterocycles. The molecule has 1 aliphatic carbocycles. The molecule has 1 aromatic rings. The first kappa shape index (κ1) is 13.7. The van der Waals surface area contributed by atoms with E-state index in [9.17, 15) is 4.79 Å². The summed E-state index contributed by atoms with van der Waals surface area (Å²) in [5, 5.41) is 4.22. The number of nitrogens with two attached hydrogens (primary N) is 1. The summed E-state index contributed by atoms with van der Waals surface area (Å²) in [4.78, 5) is 11.6. The number of rotatable bonds is 4. The van der Waals surface area contributed by atoms with Crippen molar-refractivity contribution in [1.29, 1.82) is 0 Å². The van der Waals surface area contributed by atoms with E-state index in [4.69, 9.17) is 28.9 Å². The van der Waals surface area contributed by atoms with Gasteiger partial charge in [0, 0.05) is 6.04 Å². The molecule has 0 radical (unpaired) electrons. The van der Waals surface area contributed by atoms with Crippen molar-refractivity contribution in [2.24, 2.45) is 5.73 Å². The summed E-state index contributed by atoms with van der Waals surface area (Å²) in [5.41, 5.74) is 6.22. The zero-order valence-corrected chi connectivity index (χ0v) is 11.5. The summed E-state index contributed by atoms with van der Waals surface area (Å²) >= 11 is 11.8. The number of carbonyl (C=O) groups is 1. The fourth-order valence-electron chi connectivity index (χ4n) is 2.36. The molecule has 1 amide bonds. The normalized spacial score (nSPS) is 17.9. The van der Waals surface area contributed by atoms with Crippen molar-refractivity contribution in [1.82, 2.24) is 5.32 Å². The highest BCUT2D eigenvalue weighted by molar-refractivity contribution is 6.42. The zero-order valence-electron chi connectivity index (χ0n) is 9.96. The summed E-state index contributed by atoms with van der Waals surface area (Å²) < 4.78 is 0. The van der Waals surface area contributed by atoms with E-state index in [0.29, 0.717) is 16.1 Å². The Labute approximate surface area is 117 Å². The van der Waals surface area contributed by atoms with Crippen molar-refractivity contribution >= 4 is 29.1 Å². The van der Waals surface area contributed by atoms with E-state index in [1.807, 2.05) is 0 Å². The standard InChI is InChI=1S/C13H16Cl2N2O/c14-10-6-5-8(7-11(10)15)12(13(16)18)17-9-3-1-2-4-9/h5-7,9,12,17H,1-4H2,(H2,16,18). The fourth-order valence-corrected chi connectivity index (χ4v) is 2.67. The van der Waals surface area contributed by atoms with Crippen molar-refractivity contribution in [2.75, 3.05) is 0 Å². The lowest BCUT2D eigenvalue weighted by molar-refractivity contribution is -0.120. The molecule has 5 heteroatoms. The molecule has 0 bridgehead atoms. The molecule has 0 saturated heterocycles. The van der Waals surface area contributed by atoms with Gasteiger partial charge in [-0.25, -0.2) is 0 Å². The van der Waals surface area contributed by atoms with Gasteiger partial charge in [-0.2, -0.15) is 0 Å². The van der Waals surface area contributed by atoms with Crippen LogP contribution in [-0.2, 0) is 4.79 Å². The summed E-state index contributed by atoms with van der Waals surface area (Å²) in [7, 11) is 0. The van der Waals surface area contributed by atoms with E-state index in [0.717, 1.165) is 18.4 Å². The maximum absolute atomic E-state index is 11.6. The molecule has 1 unspecified atom stereocenters. The van der Waals surface area contributed by atoms with Gasteiger partial charge in [0.2, 0.25) is 5.91 Å². The van der Waals surface area contributed by atoms with E-state index in [1.165, 1.54) is 12.8 Å². The number of halogens is 2. The first-order valence-corrected chi connectivity index (χ1v) is 6.84. The highest BCUT2D eigenvalue weighted by Crippen LogP contribution is 2.27. The smallest absolute Gasteiger partial charge is 0.239 e. The molecule has 1 atom stereocenters. The molecule has 0 aromatic heterocycles. The average Bonchev–Trinajstić information content (AvgIpc) is 2.82. The monoisotopic (exact) mass is 286 g/mol. The van der Waals surface area contributed by atoms with Crippen LogP contribution in [0.1, 0.15) is 37.3 Å². The second kappa shape index (κ2) is 5.91. The van der Waals surface area contributed by atoms with Gasteiger partial charge in [0.15, 0.2) is 0 Å². The van der Waals surface area contributed by atoms with Gasteiger partial charge in [0.1, 0.15) is 6.04 Å². The highest BCUT2D eigenvalue weighted by Gasteiger charge is 2.24. The van der Waals surface area contributed by atoms with Gasteiger partial charge < -0.3 is 5.73 Å². The summed E-state index contributed by atoms with van der Waals surface area (Å²) in [6.07, 6.45) is 4.57. The third-order valence-electron chi connectivity index (χ3n) is 3.32. The van der Waals surface area contributed by atoms with Crippen LogP contribution < -0.4 is 11.1 Å². The van der Waals surface area contributed by atoms with Crippen molar-refractivity contribution in [3.63, 3.8) is 0 Å². The maximum Gasteiger partial charge on any atom is 0.239 e. The number of amides is 1. The van der Waals surface area contributed by atoms with Crippen LogP contribution >= 0.6 is 23.2 Å². The van der Waals surface area contributed by atoms with Gasteiger partial charge >= 0.3 is 0 Å². The topological polar surface area (TPSA) is 55.1 Å². The van der Waals surface area contributed by atoms with Crippen LogP contribution in [0.2, 0.25) is 10.0 Å². The number of hydrogen-bond donors (Lipinski definition) is 2. The molecule has 18 heavy (non-hydrogen) atoms. The van der Waals surface area contributed by atoms with Crippen molar-refractivity contribution in [3.05, 3.63) is 33.8 Å². The largest absolute Gasteiger partial charge is 0.368 e. The molecule has 1 aliphatic rings. The van der Waals surface area contributed by atoms with E-state index in [2.05, 4.69) is 5.32 Å².